The van der Waals surface area contributed by atoms with E-state index < -0.39 is 51.6 Å². The minimum atomic E-state index is -0.931. The number of hydrogen-bond acceptors (Lipinski definition) is 7. The van der Waals surface area contributed by atoms with E-state index in [1.807, 2.05) is 66.7 Å². The molecule has 12 rings (SSSR count). The van der Waals surface area contributed by atoms with Crippen LogP contribution in [-0.4, -0.2) is 39.8 Å². The van der Waals surface area contributed by atoms with Crippen LogP contribution in [0.15, 0.2) is 170 Å². The van der Waals surface area contributed by atoms with Crippen molar-refractivity contribution in [1.29, 1.82) is 0 Å². The third kappa shape index (κ3) is 9.74. The first kappa shape index (κ1) is 49.2. The largest absolute Gasteiger partial charge is 0.488 e. The van der Waals surface area contributed by atoms with Gasteiger partial charge in [-0.3, -0.25) is 19.9 Å². The van der Waals surface area contributed by atoms with Gasteiger partial charge in [-0.1, -0.05) is 54.6 Å². The van der Waals surface area contributed by atoms with Gasteiger partial charge in [-0.2, -0.15) is 0 Å². The molecule has 0 aliphatic carbocycles. The Labute approximate surface area is 442 Å². The molecule has 8 heterocycles. The van der Waals surface area contributed by atoms with E-state index in [2.05, 4.69) is 24.8 Å². The van der Waals surface area contributed by atoms with Crippen molar-refractivity contribution in [2.75, 3.05) is 0 Å². The normalized spacial score (nSPS) is 11.9. The maximum atomic E-state index is 16.2. The van der Waals surface area contributed by atoms with Gasteiger partial charge in [-0.05, 0) is 121 Å². The highest BCUT2D eigenvalue weighted by molar-refractivity contribution is 6.00. The average molecular weight is 1040 g/mol. The lowest BCUT2D eigenvalue weighted by Gasteiger charge is -2.21. The van der Waals surface area contributed by atoms with Crippen LogP contribution in [0.1, 0.15) is 45.4 Å². The van der Waals surface area contributed by atoms with Gasteiger partial charge < -0.3 is 14.7 Å². The minimum absolute atomic E-state index is 0.00828. The van der Waals surface area contributed by atoms with Crippen molar-refractivity contribution in [3.05, 3.63) is 251 Å². The van der Waals surface area contributed by atoms with Crippen molar-refractivity contribution < 1.29 is 31.1 Å². The number of H-pyrrole nitrogens is 2. The van der Waals surface area contributed by atoms with E-state index in [4.69, 9.17) is 19.7 Å². The van der Waals surface area contributed by atoms with Gasteiger partial charge in [0, 0.05) is 93.7 Å². The van der Waals surface area contributed by atoms with Gasteiger partial charge in [-0.25, -0.2) is 36.3 Å². The molecule has 78 heavy (non-hydrogen) atoms. The van der Waals surface area contributed by atoms with Crippen molar-refractivity contribution in [3.63, 3.8) is 0 Å². The highest BCUT2D eigenvalue weighted by Crippen LogP contribution is 2.42. The highest BCUT2D eigenvalue weighted by Gasteiger charge is 2.26. The standard InChI is InChI=1S/C63H42F6N8O/c64-42-13-7-14-43(65)58(42)61-50-24-22-48(73-50)57(41-12-1-2-19-56(41)78-36-37-20-21-40(72-32-37)35-77(33-38-10-3-5-30-70-38)34-39-11-4-6-31-71-39)49-23-25-51(74-49)62(59-44(66)15-8-16-45(59)67)53-27-29-55(76-53)63(54-28-26-52(61)75-54)60-46(68)17-9-18-47(60)69/h1-32,73,76H,33-36H2. The molecule has 0 atom stereocenters. The quantitative estimate of drug-likeness (QED) is 0.111. The van der Waals surface area contributed by atoms with Gasteiger partial charge in [-0.15, -0.1) is 0 Å². The summed E-state index contributed by atoms with van der Waals surface area (Å²) in [5.41, 5.74) is 4.53. The molecule has 0 saturated heterocycles. The summed E-state index contributed by atoms with van der Waals surface area (Å²) in [4.78, 5) is 32.6. The first-order valence-corrected chi connectivity index (χ1v) is 24.8. The van der Waals surface area contributed by atoms with Crippen molar-refractivity contribution in [3.8, 4) is 50.3 Å². The fourth-order valence-electron chi connectivity index (χ4n) is 9.92. The van der Waals surface area contributed by atoms with Crippen LogP contribution in [0.25, 0.3) is 90.9 Å². The van der Waals surface area contributed by atoms with Gasteiger partial charge in [0.05, 0.1) is 56.5 Å². The molecule has 0 spiro atoms. The summed E-state index contributed by atoms with van der Waals surface area (Å²) in [7, 11) is 0. The zero-order valence-corrected chi connectivity index (χ0v) is 41.2. The fourth-order valence-corrected chi connectivity index (χ4v) is 9.92. The van der Waals surface area contributed by atoms with Gasteiger partial charge in [0.15, 0.2) is 0 Å². The monoisotopic (exact) mass is 1040 g/mol. The molecule has 10 aromatic rings. The lowest BCUT2D eigenvalue weighted by Crippen LogP contribution is -2.24. The number of hydrogen-bond donors (Lipinski definition) is 2. The Hall–Kier alpha value is -9.73. The predicted octanol–water partition coefficient (Wildman–Crippen LogP) is 15.1. The third-order valence-corrected chi connectivity index (χ3v) is 13.4. The van der Waals surface area contributed by atoms with Gasteiger partial charge in [0.25, 0.3) is 0 Å². The Morgan fingerprint density at radius 2 is 0.769 bits per heavy atom. The third-order valence-electron chi connectivity index (χ3n) is 13.4. The Morgan fingerprint density at radius 3 is 1.18 bits per heavy atom. The van der Waals surface area contributed by atoms with Crippen LogP contribution in [0.2, 0.25) is 0 Å². The molecule has 2 aliphatic heterocycles. The van der Waals surface area contributed by atoms with Crippen molar-refractivity contribution >= 4 is 46.4 Å². The van der Waals surface area contributed by atoms with Crippen LogP contribution in [0.5, 0.6) is 5.75 Å². The number of nitrogens with one attached hydrogen (secondary N) is 2. The fraction of sp³-hybridized carbons (Fsp3) is 0.0635. The van der Waals surface area contributed by atoms with E-state index in [1.54, 1.807) is 48.9 Å². The molecule has 0 fully saturated rings. The summed E-state index contributed by atoms with van der Waals surface area (Å²) in [5, 5.41) is 0. The maximum absolute atomic E-state index is 16.2. The molecule has 6 aromatic heterocycles. The molecule has 382 valence electrons. The lowest BCUT2D eigenvalue weighted by atomic mass is 10.0. The van der Waals surface area contributed by atoms with Crippen LogP contribution in [0, 0.1) is 34.9 Å². The summed E-state index contributed by atoms with van der Waals surface area (Å²) in [6.45, 7) is 1.79. The van der Waals surface area contributed by atoms with Gasteiger partial charge in [0.1, 0.15) is 47.3 Å². The Kier molecular flexibility index (Phi) is 13.3. The summed E-state index contributed by atoms with van der Waals surface area (Å²) >= 11 is 0. The molecule has 9 nitrogen and oxygen atoms in total. The molecule has 4 aromatic carbocycles. The maximum Gasteiger partial charge on any atom is 0.134 e. The second-order valence-electron chi connectivity index (χ2n) is 18.5. The number of halogens is 6. The van der Waals surface area contributed by atoms with E-state index in [-0.39, 0.29) is 56.9 Å². The van der Waals surface area contributed by atoms with Crippen LogP contribution in [0.3, 0.4) is 0 Å². The molecule has 2 N–H and O–H groups in total. The van der Waals surface area contributed by atoms with Crippen LogP contribution in [-0.2, 0) is 26.2 Å². The van der Waals surface area contributed by atoms with E-state index in [9.17, 15) is 0 Å². The second kappa shape index (κ2) is 21.1. The Balaban J connectivity index is 1.02. The van der Waals surface area contributed by atoms with E-state index in [0.717, 1.165) is 59.0 Å². The smallest absolute Gasteiger partial charge is 0.134 e. The molecule has 2 aliphatic rings. The number of aromatic amines is 2. The average Bonchev–Trinajstić information content (AvgIpc) is 4.39. The van der Waals surface area contributed by atoms with Crippen molar-refractivity contribution in [2.45, 2.75) is 26.2 Å². The number of nitrogens with zero attached hydrogens (tertiary/aromatic N) is 6. The summed E-state index contributed by atoms with van der Waals surface area (Å²) in [5.74, 6) is -4.99. The van der Waals surface area contributed by atoms with E-state index in [1.165, 1.54) is 42.5 Å². The first-order valence-electron chi connectivity index (χ1n) is 24.8. The Morgan fingerprint density at radius 1 is 0.372 bits per heavy atom. The van der Waals surface area contributed by atoms with Gasteiger partial charge in [0.2, 0.25) is 0 Å². The second-order valence-corrected chi connectivity index (χ2v) is 18.5. The first-order chi connectivity index (χ1) is 38.1. The number of ether oxygens (including phenoxy) is 1. The Bertz CT molecular complexity index is 4010. The molecule has 15 heteroatoms. The molecular weight excluding hydrogens is 999 g/mol. The summed E-state index contributed by atoms with van der Waals surface area (Å²) < 4.78 is 103. The van der Waals surface area contributed by atoms with Crippen molar-refractivity contribution in [2.24, 2.45) is 0 Å². The number of rotatable bonds is 13. The molecule has 0 amide bonds. The summed E-state index contributed by atoms with van der Waals surface area (Å²) in [6, 6.07) is 39.6. The topological polar surface area (TPSA) is 108 Å². The summed E-state index contributed by atoms with van der Waals surface area (Å²) in [6.07, 6.45) is 11.6. The van der Waals surface area contributed by atoms with E-state index in [0.29, 0.717) is 47.7 Å². The van der Waals surface area contributed by atoms with Crippen LogP contribution < -0.4 is 4.74 Å². The van der Waals surface area contributed by atoms with Crippen LogP contribution in [0.4, 0.5) is 26.3 Å². The zero-order valence-electron chi connectivity index (χ0n) is 41.2. The lowest BCUT2D eigenvalue weighted by molar-refractivity contribution is 0.238. The predicted molar refractivity (Wildman–Crippen MR) is 290 cm³/mol. The number of pyridine rings is 3. The number of fused-ring (bicyclic) bond motifs is 8. The number of para-hydroxylation sites is 1. The molecule has 8 bridgehead atoms. The SMILES string of the molecule is Fc1cccc(F)c1-c1c2nc(c(-c3c(F)cccc3F)c3ccc([nH]3)c(-c3c(F)cccc3F)c3nc(c(-c4ccccc4OCc4ccc(CN(Cc5ccccn5)Cc5ccccn5)nc4)c4ccc1[nH]4)C=C3)C=C2. The van der Waals surface area contributed by atoms with Crippen molar-refractivity contribution in [1.82, 2.24) is 39.8 Å². The van der Waals surface area contributed by atoms with Crippen LogP contribution >= 0.6 is 0 Å². The zero-order chi connectivity index (χ0) is 53.3. The minimum Gasteiger partial charge on any atom is -0.488 e. The molecular formula is C63H42F6N8O. The number of benzene rings is 4. The highest BCUT2D eigenvalue weighted by atomic mass is 19.2. The molecule has 0 radical (unpaired) electrons. The molecule has 0 unspecified atom stereocenters. The number of aromatic nitrogens is 7. The molecule has 0 saturated carbocycles. The van der Waals surface area contributed by atoms with E-state index >= 15 is 26.3 Å². The van der Waals surface area contributed by atoms with Gasteiger partial charge >= 0.3 is 0 Å².